The van der Waals surface area contributed by atoms with Crippen molar-refractivity contribution in [1.82, 2.24) is 21.0 Å². The van der Waals surface area contributed by atoms with Crippen LogP contribution in [-0.4, -0.2) is 52.8 Å². The number of carbonyl (C=O) groups excluding carboxylic acids is 6. The maximum atomic E-state index is 11.3. The number of ketones is 2. The van der Waals surface area contributed by atoms with Crippen LogP contribution in [0.15, 0.2) is 5.10 Å². The second-order valence-electron chi connectivity index (χ2n) is 3.43. The van der Waals surface area contributed by atoms with Crippen LogP contribution in [0.2, 0.25) is 0 Å². The Balaban J connectivity index is 2.25. The van der Waals surface area contributed by atoms with Crippen molar-refractivity contribution in [2.24, 2.45) is 5.10 Å². The van der Waals surface area contributed by atoms with E-state index in [2.05, 4.69) is 5.10 Å². The maximum absolute atomic E-state index is 11.3. The predicted octanol–water partition coefficient (Wildman–Crippen LogP) is -3.17. The van der Waals surface area contributed by atoms with Crippen molar-refractivity contribution < 1.29 is 28.8 Å². The van der Waals surface area contributed by atoms with Gasteiger partial charge in [0.1, 0.15) is 6.54 Å². The zero-order valence-electron chi connectivity index (χ0n) is 9.05. The third-order valence-electron chi connectivity index (χ3n) is 2.10. The minimum absolute atomic E-state index is 0.454. The topological polar surface area (TPSA) is 154 Å². The van der Waals surface area contributed by atoms with Crippen molar-refractivity contribution in [3.63, 3.8) is 0 Å². The molecule has 2 saturated heterocycles. The van der Waals surface area contributed by atoms with Gasteiger partial charge in [-0.05, 0) is 0 Å². The molecular weight excluding hydrogens is 262 g/mol. The average molecular weight is 267 g/mol. The molecule has 0 saturated carbocycles. The molecule has 98 valence electrons. The summed E-state index contributed by atoms with van der Waals surface area (Å²) in [5.41, 5.74) is 0. The first-order valence-corrected chi connectivity index (χ1v) is 4.79. The molecule has 2 heterocycles. The fourth-order valence-corrected chi connectivity index (χ4v) is 1.25. The van der Waals surface area contributed by atoms with E-state index < -0.39 is 47.8 Å². The summed E-state index contributed by atoms with van der Waals surface area (Å²) in [7, 11) is 0. The van der Waals surface area contributed by atoms with Crippen LogP contribution >= 0.6 is 0 Å². The molecule has 0 aromatic carbocycles. The summed E-state index contributed by atoms with van der Waals surface area (Å²) < 4.78 is 0. The number of hydrazone groups is 1. The highest BCUT2D eigenvalue weighted by Crippen LogP contribution is 2.00. The lowest BCUT2D eigenvalue weighted by molar-refractivity contribution is -0.139. The summed E-state index contributed by atoms with van der Waals surface area (Å²) in [5.74, 6) is -5.17. The van der Waals surface area contributed by atoms with Crippen LogP contribution in [0.4, 0.5) is 9.59 Å². The van der Waals surface area contributed by atoms with Gasteiger partial charge in [0.05, 0.1) is 0 Å². The molecular formula is C8H5N5O6. The third kappa shape index (κ3) is 2.29. The second kappa shape index (κ2) is 4.29. The van der Waals surface area contributed by atoms with Crippen molar-refractivity contribution in [3.8, 4) is 0 Å². The van der Waals surface area contributed by atoms with Crippen molar-refractivity contribution in [1.29, 1.82) is 0 Å². The monoisotopic (exact) mass is 267 g/mol. The summed E-state index contributed by atoms with van der Waals surface area (Å²) in [5, 5.41) is 9.06. The Bertz CT molecular complexity index is 578. The average Bonchev–Trinajstić information content (AvgIpc) is 2.32. The molecule has 0 aromatic rings. The number of amidine groups is 1. The van der Waals surface area contributed by atoms with Crippen molar-refractivity contribution in [2.45, 2.75) is 0 Å². The highest BCUT2D eigenvalue weighted by molar-refractivity contribution is 6.68. The number of carbonyl (C=O) groups is 6. The van der Waals surface area contributed by atoms with E-state index in [9.17, 15) is 28.8 Å². The lowest BCUT2D eigenvalue weighted by Gasteiger charge is -2.22. The summed E-state index contributed by atoms with van der Waals surface area (Å²) in [6.45, 7) is -0.695. The molecule has 0 bridgehead atoms. The maximum Gasteiger partial charge on any atom is 0.345 e. The number of amides is 6. The van der Waals surface area contributed by atoms with Gasteiger partial charge in [0.2, 0.25) is 11.6 Å². The van der Waals surface area contributed by atoms with E-state index in [1.54, 1.807) is 10.6 Å². The Labute approximate surface area is 104 Å². The van der Waals surface area contributed by atoms with Crippen LogP contribution in [0.5, 0.6) is 0 Å². The van der Waals surface area contributed by atoms with Gasteiger partial charge >= 0.3 is 18.0 Å². The standard InChI is InChI=1S/C8H5N5O6/c14-2-1-13(8(19)11-5(2)16)12-4-3(15)6(17)10-7(18)9-4/h1H2,(H,11,16,19)(H2,9,10,12,17,18). The number of Topliss-reactive ketones (excluding diaryl/α,β-unsaturated/α-hetero) is 2. The molecule has 2 fully saturated rings. The molecule has 0 aromatic heterocycles. The van der Waals surface area contributed by atoms with Crippen LogP contribution in [0.25, 0.3) is 0 Å². The largest absolute Gasteiger partial charge is 0.345 e. The molecule has 2 aliphatic rings. The first-order valence-electron chi connectivity index (χ1n) is 4.79. The molecule has 11 nitrogen and oxygen atoms in total. The summed E-state index contributed by atoms with van der Waals surface area (Å²) in [6.07, 6.45) is 0. The van der Waals surface area contributed by atoms with Crippen LogP contribution in [0.3, 0.4) is 0 Å². The lowest BCUT2D eigenvalue weighted by Crippen LogP contribution is -2.58. The van der Waals surface area contributed by atoms with Gasteiger partial charge in [-0.15, -0.1) is 5.10 Å². The Kier molecular flexibility index (Phi) is 2.79. The molecule has 0 atom stereocenters. The summed E-state index contributed by atoms with van der Waals surface area (Å²) in [4.78, 5) is 66.5. The van der Waals surface area contributed by atoms with E-state index in [-0.39, 0.29) is 0 Å². The quantitative estimate of drug-likeness (QED) is 0.426. The number of hydrogen-bond acceptors (Lipinski definition) is 7. The SMILES string of the molecule is O=C1NC(=O)C(=O)C(=NN2CC(=O)C(=O)NC2=O)N1. The van der Waals surface area contributed by atoms with Gasteiger partial charge in [0, 0.05) is 0 Å². The predicted molar refractivity (Wildman–Crippen MR) is 54.4 cm³/mol. The van der Waals surface area contributed by atoms with E-state index in [4.69, 9.17) is 0 Å². The first kappa shape index (κ1) is 12.3. The lowest BCUT2D eigenvalue weighted by atomic mass is 10.3. The number of hydrogen-bond donors (Lipinski definition) is 3. The molecule has 0 spiro atoms. The molecule has 6 amide bonds. The van der Waals surface area contributed by atoms with Gasteiger partial charge in [-0.3, -0.25) is 35.1 Å². The van der Waals surface area contributed by atoms with Crippen LogP contribution in [0.1, 0.15) is 0 Å². The second-order valence-corrected chi connectivity index (χ2v) is 3.43. The zero-order chi connectivity index (χ0) is 14.2. The normalized spacial score (nSPS) is 22.3. The van der Waals surface area contributed by atoms with E-state index in [1.165, 1.54) is 0 Å². The van der Waals surface area contributed by atoms with Gasteiger partial charge in [-0.25, -0.2) is 14.6 Å². The molecule has 0 aliphatic carbocycles. The zero-order valence-corrected chi connectivity index (χ0v) is 9.05. The van der Waals surface area contributed by atoms with Gasteiger partial charge in [0.15, 0.2) is 0 Å². The molecule has 3 N–H and O–H groups in total. The molecule has 0 radical (unpaired) electrons. The summed E-state index contributed by atoms with van der Waals surface area (Å²) in [6, 6.07) is -2.05. The van der Waals surface area contributed by atoms with Crippen LogP contribution in [0, 0.1) is 0 Å². The third-order valence-corrected chi connectivity index (χ3v) is 2.10. The Morgan fingerprint density at radius 3 is 2.26 bits per heavy atom. The van der Waals surface area contributed by atoms with Crippen LogP contribution < -0.4 is 16.0 Å². The molecule has 19 heavy (non-hydrogen) atoms. The highest BCUT2D eigenvalue weighted by atomic mass is 16.2. The number of nitrogens with one attached hydrogen (secondary N) is 3. The fraction of sp³-hybridized carbons (Fsp3) is 0.125. The number of imide groups is 2. The minimum atomic E-state index is -1.22. The first-order chi connectivity index (χ1) is 8.88. The van der Waals surface area contributed by atoms with Gasteiger partial charge in [0.25, 0.3) is 11.7 Å². The molecule has 2 rings (SSSR count). The fourth-order valence-electron chi connectivity index (χ4n) is 1.25. The van der Waals surface area contributed by atoms with Crippen molar-refractivity contribution >= 4 is 41.3 Å². The van der Waals surface area contributed by atoms with Gasteiger partial charge in [-0.1, -0.05) is 0 Å². The Hall–Kier alpha value is -3.11. The Morgan fingerprint density at radius 2 is 1.58 bits per heavy atom. The van der Waals surface area contributed by atoms with E-state index >= 15 is 0 Å². The Morgan fingerprint density at radius 1 is 0.895 bits per heavy atom. The smallest absolute Gasteiger partial charge is 0.287 e. The minimum Gasteiger partial charge on any atom is -0.287 e. The van der Waals surface area contributed by atoms with Crippen molar-refractivity contribution in [3.05, 3.63) is 0 Å². The molecule has 0 unspecified atom stereocenters. The van der Waals surface area contributed by atoms with Gasteiger partial charge in [-0.2, -0.15) is 0 Å². The highest BCUT2D eigenvalue weighted by Gasteiger charge is 2.34. The number of urea groups is 2. The number of rotatable bonds is 1. The van der Waals surface area contributed by atoms with E-state index in [1.807, 2.05) is 5.32 Å². The van der Waals surface area contributed by atoms with E-state index in [0.29, 0.717) is 5.01 Å². The summed E-state index contributed by atoms with van der Waals surface area (Å²) >= 11 is 0. The molecule has 2 aliphatic heterocycles. The van der Waals surface area contributed by atoms with E-state index in [0.717, 1.165) is 0 Å². The van der Waals surface area contributed by atoms with Crippen molar-refractivity contribution in [2.75, 3.05) is 6.54 Å². The van der Waals surface area contributed by atoms with Gasteiger partial charge < -0.3 is 0 Å². The van der Waals surface area contributed by atoms with Crippen LogP contribution in [-0.2, 0) is 19.2 Å². The number of nitrogens with zero attached hydrogens (tertiary/aromatic N) is 2. The molecule has 11 heteroatoms.